The van der Waals surface area contributed by atoms with E-state index in [0.717, 1.165) is 11.3 Å². The van der Waals surface area contributed by atoms with Crippen LogP contribution in [0.2, 0.25) is 0 Å². The summed E-state index contributed by atoms with van der Waals surface area (Å²) in [6.07, 6.45) is 3.17. The van der Waals surface area contributed by atoms with Gasteiger partial charge in [-0.25, -0.2) is 4.68 Å². The standard InChI is InChI=1S/C21H18N4O3/c1-27-18-9-8-14(11-19(18)28-2)20-16(10-15(12-22)21(23)26)13-25(24-20)17-6-4-3-5-7-17/h3-11,13H,1-2H3,(H2,23,26)/b15-10-. The molecule has 0 aliphatic rings. The molecule has 3 rings (SSSR count). The molecule has 140 valence electrons. The number of methoxy groups -OCH3 is 2. The fourth-order valence-electron chi connectivity index (χ4n) is 2.73. The van der Waals surface area contributed by atoms with Crippen molar-refractivity contribution in [2.45, 2.75) is 0 Å². The summed E-state index contributed by atoms with van der Waals surface area (Å²) in [6.45, 7) is 0. The molecule has 0 aliphatic heterocycles. The van der Waals surface area contributed by atoms with Gasteiger partial charge in [0, 0.05) is 17.3 Å². The van der Waals surface area contributed by atoms with Crippen LogP contribution >= 0.6 is 0 Å². The maximum absolute atomic E-state index is 11.5. The van der Waals surface area contributed by atoms with Gasteiger partial charge < -0.3 is 15.2 Å². The smallest absolute Gasteiger partial charge is 0.259 e. The SMILES string of the molecule is COc1ccc(-c2nn(-c3ccccc3)cc2/C=C(/C#N)C(N)=O)cc1OC. The number of carbonyl (C=O) groups excluding carboxylic acids is 1. The van der Waals surface area contributed by atoms with Crippen molar-refractivity contribution >= 4 is 12.0 Å². The van der Waals surface area contributed by atoms with E-state index in [9.17, 15) is 10.1 Å². The Morgan fingerprint density at radius 1 is 1.14 bits per heavy atom. The number of para-hydroxylation sites is 1. The summed E-state index contributed by atoms with van der Waals surface area (Å²) >= 11 is 0. The minimum absolute atomic E-state index is 0.158. The Hall–Kier alpha value is -4.05. The first-order chi connectivity index (χ1) is 13.6. The van der Waals surface area contributed by atoms with E-state index < -0.39 is 5.91 Å². The number of hydrogen-bond acceptors (Lipinski definition) is 5. The summed E-state index contributed by atoms with van der Waals surface area (Å²) < 4.78 is 12.3. The molecule has 0 fully saturated rings. The van der Waals surface area contributed by atoms with Crippen LogP contribution in [0.4, 0.5) is 0 Å². The number of primary amides is 1. The zero-order chi connectivity index (χ0) is 20.1. The van der Waals surface area contributed by atoms with E-state index in [1.165, 1.54) is 6.08 Å². The first-order valence-electron chi connectivity index (χ1n) is 8.36. The van der Waals surface area contributed by atoms with E-state index in [0.29, 0.717) is 22.8 Å². The van der Waals surface area contributed by atoms with Crippen molar-refractivity contribution in [3.63, 3.8) is 0 Å². The van der Waals surface area contributed by atoms with Crippen molar-refractivity contribution in [3.8, 4) is 34.5 Å². The van der Waals surface area contributed by atoms with E-state index >= 15 is 0 Å². The van der Waals surface area contributed by atoms with Gasteiger partial charge in [0.2, 0.25) is 0 Å². The van der Waals surface area contributed by atoms with Crippen LogP contribution in [0.25, 0.3) is 23.0 Å². The molecule has 7 heteroatoms. The Morgan fingerprint density at radius 2 is 1.86 bits per heavy atom. The third-order valence-corrected chi connectivity index (χ3v) is 4.11. The van der Waals surface area contributed by atoms with E-state index in [-0.39, 0.29) is 5.57 Å². The van der Waals surface area contributed by atoms with Crippen LogP contribution in [-0.4, -0.2) is 29.9 Å². The third kappa shape index (κ3) is 3.71. The van der Waals surface area contributed by atoms with Gasteiger partial charge in [-0.05, 0) is 36.4 Å². The molecule has 2 N–H and O–H groups in total. The summed E-state index contributed by atoms with van der Waals surface area (Å²) in [4.78, 5) is 11.5. The molecule has 0 saturated carbocycles. The number of hydrogen-bond donors (Lipinski definition) is 1. The van der Waals surface area contributed by atoms with Gasteiger partial charge >= 0.3 is 0 Å². The highest BCUT2D eigenvalue weighted by atomic mass is 16.5. The topological polar surface area (TPSA) is 103 Å². The van der Waals surface area contributed by atoms with Crippen molar-refractivity contribution in [1.29, 1.82) is 5.26 Å². The van der Waals surface area contributed by atoms with E-state index in [1.807, 2.05) is 42.5 Å². The van der Waals surface area contributed by atoms with Gasteiger partial charge in [0.05, 0.1) is 19.9 Å². The molecular weight excluding hydrogens is 356 g/mol. The minimum atomic E-state index is -0.798. The summed E-state index contributed by atoms with van der Waals surface area (Å²) in [5, 5.41) is 13.9. The number of nitriles is 1. The average Bonchev–Trinajstić information content (AvgIpc) is 3.15. The summed E-state index contributed by atoms with van der Waals surface area (Å²) in [5.74, 6) is 0.327. The number of rotatable bonds is 6. The first kappa shape index (κ1) is 18.7. The minimum Gasteiger partial charge on any atom is -0.493 e. The van der Waals surface area contributed by atoms with Crippen LogP contribution in [0.1, 0.15) is 5.56 Å². The highest BCUT2D eigenvalue weighted by molar-refractivity contribution is 6.01. The second-order valence-corrected chi connectivity index (χ2v) is 5.82. The van der Waals surface area contributed by atoms with Gasteiger partial charge in [0.1, 0.15) is 17.3 Å². The monoisotopic (exact) mass is 374 g/mol. The van der Waals surface area contributed by atoms with Crippen molar-refractivity contribution in [2.24, 2.45) is 5.73 Å². The Kier molecular flexibility index (Phi) is 5.42. The second kappa shape index (κ2) is 8.10. The highest BCUT2D eigenvalue weighted by Gasteiger charge is 2.15. The number of carbonyl (C=O) groups is 1. The number of nitrogens with two attached hydrogens (primary N) is 1. The Morgan fingerprint density at radius 3 is 2.46 bits per heavy atom. The quantitative estimate of drug-likeness (QED) is 0.528. The Bertz CT molecular complexity index is 1080. The predicted molar refractivity (Wildman–Crippen MR) is 105 cm³/mol. The molecule has 0 saturated heterocycles. The Balaban J connectivity index is 2.20. The lowest BCUT2D eigenvalue weighted by molar-refractivity contribution is -0.114. The maximum atomic E-state index is 11.5. The van der Waals surface area contributed by atoms with Gasteiger partial charge in [0.15, 0.2) is 11.5 Å². The van der Waals surface area contributed by atoms with Crippen LogP contribution in [0.5, 0.6) is 11.5 Å². The lowest BCUT2D eigenvalue weighted by Crippen LogP contribution is -2.12. The predicted octanol–water partition coefficient (Wildman–Crippen LogP) is 2.95. The van der Waals surface area contributed by atoms with Crippen LogP contribution in [0.15, 0.2) is 60.3 Å². The summed E-state index contributed by atoms with van der Waals surface area (Å²) in [5.41, 5.74) is 7.85. The lowest BCUT2D eigenvalue weighted by atomic mass is 10.1. The maximum Gasteiger partial charge on any atom is 0.259 e. The van der Waals surface area contributed by atoms with Crippen molar-refractivity contribution in [1.82, 2.24) is 9.78 Å². The number of nitrogens with zero attached hydrogens (tertiary/aromatic N) is 3. The zero-order valence-electron chi connectivity index (χ0n) is 15.4. The molecule has 0 atom stereocenters. The van der Waals surface area contributed by atoms with Crippen molar-refractivity contribution < 1.29 is 14.3 Å². The van der Waals surface area contributed by atoms with E-state index in [2.05, 4.69) is 5.10 Å². The number of amides is 1. The molecule has 0 radical (unpaired) electrons. The number of ether oxygens (including phenoxy) is 2. The molecule has 0 bridgehead atoms. The van der Waals surface area contributed by atoms with Gasteiger partial charge in [-0.3, -0.25) is 4.79 Å². The molecule has 28 heavy (non-hydrogen) atoms. The average molecular weight is 374 g/mol. The van der Waals surface area contributed by atoms with Crippen molar-refractivity contribution in [3.05, 3.63) is 65.9 Å². The molecular formula is C21H18N4O3. The van der Waals surface area contributed by atoms with Gasteiger partial charge in [-0.2, -0.15) is 10.4 Å². The summed E-state index contributed by atoms with van der Waals surface area (Å²) in [7, 11) is 3.10. The van der Waals surface area contributed by atoms with Crippen molar-refractivity contribution in [2.75, 3.05) is 14.2 Å². The summed E-state index contributed by atoms with van der Waals surface area (Å²) in [6, 6.07) is 16.7. The molecule has 1 aromatic heterocycles. The van der Waals surface area contributed by atoms with Gasteiger partial charge in [0.25, 0.3) is 5.91 Å². The molecule has 3 aromatic rings. The molecule has 2 aromatic carbocycles. The van der Waals surface area contributed by atoms with Gasteiger partial charge in [-0.15, -0.1) is 0 Å². The lowest BCUT2D eigenvalue weighted by Gasteiger charge is -2.09. The van der Waals surface area contributed by atoms with Crippen LogP contribution in [0.3, 0.4) is 0 Å². The molecule has 0 aliphatic carbocycles. The molecule has 1 amide bonds. The Labute approximate surface area is 162 Å². The van der Waals surface area contributed by atoms with E-state index in [1.54, 1.807) is 37.2 Å². The second-order valence-electron chi connectivity index (χ2n) is 5.82. The molecule has 1 heterocycles. The van der Waals surface area contributed by atoms with Crippen LogP contribution in [-0.2, 0) is 4.79 Å². The van der Waals surface area contributed by atoms with Gasteiger partial charge in [-0.1, -0.05) is 18.2 Å². The zero-order valence-corrected chi connectivity index (χ0v) is 15.4. The normalized spacial score (nSPS) is 11.0. The fourth-order valence-corrected chi connectivity index (χ4v) is 2.73. The first-order valence-corrected chi connectivity index (χ1v) is 8.36. The fraction of sp³-hybridized carbons (Fsp3) is 0.0952. The largest absolute Gasteiger partial charge is 0.493 e. The third-order valence-electron chi connectivity index (χ3n) is 4.11. The van der Waals surface area contributed by atoms with Crippen LogP contribution in [0, 0.1) is 11.3 Å². The molecule has 0 spiro atoms. The molecule has 7 nitrogen and oxygen atoms in total. The highest BCUT2D eigenvalue weighted by Crippen LogP contribution is 2.34. The molecule has 0 unspecified atom stereocenters. The van der Waals surface area contributed by atoms with E-state index in [4.69, 9.17) is 15.2 Å². The number of benzene rings is 2. The number of aromatic nitrogens is 2. The van der Waals surface area contributed by atoms with Crippen LogP contribution < -0.4 is 15.2 Å².